The van der Waals surface area contributed by atoms with Crippen LogP contribution in [-0.4, -0.2) is 46.0 Å². The Morgan fingerprint density at radius 3 is 2.14 bits per heavy atom. The van der Waals surface area contributed by atoms with Crippen LogP contribution in [0.1, 0.15) is 22.3 Å². The molecule has 6 nitrogen and oxygen atoms in total. The van der Waals surface area contributed by atoms with Crippen molar-refractivity contribution in [2.45, 2.75) is 13.3 Å². The van der Waals surface area contributed by atoms with Gasteiger partial charge in [0.25, 0.3) is 5.91 Å². The fraction of sp³-hybridized carbons (Fsp3) is 0.400. The molecule has 2 fully saturated rings. The van der Waals surface area contributed by atoms with Gasteiger partial charge in [0, 0.05) is 13.1 Å². The molecule has 7 heteroatoms. The second kappa shape index (κ2) is 4.28. The van der Waals surface area contributed by atoms with Crippen molar-refractivity contribution in [3.05, 3.63) is 35.1 Å². The van der Waals surface area contributed by atoms with Gasteiger partial charge in [-0.2, -0.15) is 0 Å². The van der Waals surface area contributed by atoms with Gasteiger partial charge in [-0.1, -0.05) is 12.1 Å². The summed E-state index contributed by atoms with van der Waals surface area (Å²) in [4.78, 5) is 36.5. The Hall–Kier alpha value is -2.44. The van der Waals surface area contributed by atoms with Gasteiger partial charge < -0.3 is 15.1 Å². The summed E-state index contributed by atoms with van der Waals surface area (Å²) in [7, 11) is 0. The number of carboxylic acid groups (broad SMARTS) is 2. The lowest BCUT2D eigenvalue weighted by Crippen LogP contribution is -2.35. The van der Waals surface area contributed by atoms with E-state index in [2.05, 4.69) is 0 Å². The number of amides is 1. The van der Waals surface area contributed by atoms with Crippen LogP contribution in [0.5, 0.6) is 0 Å². The lowest BCUT2D eigenvalue weighted by Gasteiger charge is -2.21. The Morgan fingerprint density at radius 2 is 1.68 bits per heavy atom. The average molecular weight is 307 g/mol. The number of aliphatic carboxylic acids is 2. The number of carbonyl (C=O) groups is 3. The molecule has 0 radical (unpaired) electrons. The van der Waals surface area contributed by atoms with Crippen molar-refractivity contribution in [2.24, 2.45) is 10.8 Å². The first-order chi connectivity index (χ1) is 10.2. The molecule has 1 aliphatic carbocycles. The minimum absolute atomic E-state index is 0.00466. The van der Waals surface area contributed by atoms with Gasteiger partial charge in [-0.05, 0) is 25.0 Å². The second-order valence-corrected chi connectivity index (χ2v) is 6.04. The third kappa shape index (κ3) is 1.62. The zero-order valence-electron chi connectivity index (χ0n) is 11.8. The molecule has 0 unspecified atom stereocenters. The highest BCUT2D eigenvalue weighted by molar-refractivity contribution is 6.00. The molecular weight excluding hydrogens is 293 g/mol. The Labute approximate surface area is 125 Å². The monoisotopic (exact) mass is 307 g/mol. The molecule has 1 saturated heterocycles. The maximum Gasteiger partial charge on any atom is 0.312 e. The van der Waals surface area contributed by atoms with Crippen molar-refractivity contribution >= 4 is 17.8 Å². The molecule has 3 rings (SSSR count). The Kier molecular flexibility index (Phi) is 2.82. The molecule has 1 heterocycles. The molecule has 0 spiro atoms. The predicted octanol–water partition coefficient (Wildman–Crippen LogP) is 1.14. The van der Waals surface area contributed by atoms with Crippen LogP contribution < -0.4 is 0 Å². The lowest BCUT2D eigenvalue weighted by molar-refractivity contribution is -0.151. The highest BCUT2D eigenvalue weighted by atomic mass is 19.1. The van der Waals surface area contributed by atoms with Gasteiger partial charge in [0.05, 0.1) is 5.56 Å². The molecule has 2 N–H and O–H groups in total. The predicted molar refractivity (Wildman–Crippen MR) is 71.8 cm³/mol. The molecule has 116 valence electrons. The van der Waals surface area contributed by atoms with Crippen molar-refractivity contribution < 1.29 is 29.0 Å². The largest absolute Gasteiger partial charge is 0.481 e. The maximum absolute atomic E-state index is 13.9. The highest BCUT2D eigenvalue weighted by Crippen LogP contribution is 2.68. The van der Waals surface area contributed by atoms with E-state index in [1.54, 1.807) is 13.0 Å². The first-order valence-corrected chi connectivity index (χ1v) is 6.76. The number of rotatable bonds is 3. The number of aryl methyl sites for hydroxylation is 1. The fourth-order valence-electron chi connectivity index (χ4n) is 3.49. The Balaban J connectivity index is 1.95. The summed E-state index contributed by atoms with van der Waals surface area (Å²) in [5.41, 5.74) is -2.61. The zero-order valence-corrected chi connectivity index (χ0v) is 11.8. The van der Waals surface area contributed by atoms with Crippen molar-refractivity contribution in [3.8, 4) is 0 Å². The van der Waals surface area contributed by atoms with E-state index >= 15 is 0 Å². The van der Waals surface area contributed by atoms with E-state index in [9.17, 15) is 29.0 Å². The highest BCUT2D eigenvalue weighted by Gasteiger charge is 2.81. The van der Waals surface area contributed by atoms with Crippen LogP contribution in [0.3, 0.4) is 0 Å². The normalized spacial score (nSPS) is 29.1. The molecule has 22 heavy (non-hydrogen) atoms. The summed E-state index contributed by atoms with van der Waals surface area (Å²) in [5.74, 6) is -3.81. The van der Waals surface area contributed by atoms with Crippen molar-refractivity contribution in [1.29, 1.82) is 0 Å². The van der Waals surface area contributed by atoms with E-state index in [1.165, 1.54) is 6.07 Å². The van der Waals surface area contributed by atoms with E-state index in [0.29, 0.717) is 5.56 Å². The van der Waals surface area contributed by atoms with Crippen LogP contribution in [0, 0.1) is 23.6 Å². The standard InChI is InChI=1S/C15H14FNO5/c1-8-3-2-4-9(16)10(8)11(18)17-6-14(12(19)20)5-15(14,7-17)13(21)22/h2-4H,5-7H2,1H3,(H,19,20)(H,21,22)/t14-,15+. The molecule has 1 aliphatic heterocycles. The maximum atomic E-state index is 13.9. The van der Waals surface area contributed by atoms with E-state index in [0.717, 1.165) is 11.0 Å². The molecule has 0 aromatic heterocycles. The van der Waals surface area contributed by atoms with Gasteiger partial charge in [-0.25, -0.2) is 4.39 Å². The van der Waals surface area contributed by atoms with Gasteiger partial charge in [0.15, 0.2) is 0 Å². The number of benzene rings is 1. The summed E-state index contributed by atoms with van der Waals surface area (Å²) in [5, 5.41) is 18.7. The van der Waals surface area contributed by atoms with E-state index in [4.69, 9.17) is 0 Å². The van der Waals surface area contributed by atoms with Gasteiger partial charge in [-0.3, -0.25) is 14.4 Å². The average Bonchev–Trinajstić information content (AvgIpc) is 2.97. The number of nitrogens with zero attached hydrogens (tertiary/aromatic N) is 1. The SMILES string of the molecule is Cc1cccc(F)c1C(=O)N1C[C@@]2(C(=O)O)C[C@@]2(C(=O)O)C1. The van der Waals surface area contributed by atoms with Crippen molar-refractivity contribution in [2.75, 3.05) is 13.1 Å². The smallest absolute Gasteiger partial charge is 0.312 e. The van der Waals surface area contributed by atoms with Crippen molar-refractivity contribution in [3.63, 3.8) is 0 Å². The summed E-state index contributed by atoms with van der Waals surface area (Å²) in [6.07, 6.45) is 0.00466. The van der Waals surface area contributed by atoms with Crippen LogP contribution in [0.2, 0.25) is 0 Å². The molecule has 1 saturated carbocycles. The topological polar surface area (TPSA) is 94.9 Å². The Bertz CT molecular complexity index is 670. The molecule has 2 aliphatic rings. The lowest BCUT2D eigenvalue weighted by atomic mass is 9.97. The summed E-state index contributed by atoms with van der Waals surface area (Å²) >= 11 is 0. The quantitative estimate of drug-likeness (QED) is 0.873. The van der Waals surface area contributed by atoms with Gasteiger partial charge >= 0.3 is 11.9 Å². The molecule has 0 bridgehead atoms. The minimum Gasteiger partial charge on any atom is -0.481 e. The minimum atomic E-state index is -1.45. The van der Waals surface area contributed by atoms with Gasteiger partial charge in [0.1, 0.15) is 16.6 Å². The van der Waals surface area contributed by atoms with Crippen LogP contribution in [-0.2, 0) is 9.59 Å². The number of fused-ring (bicyclic) bond motifs is 1. The fourth-order valence-corrected chi connectivity index (χ4v) is 3.49. The van der Waals surface area contributed by atoms with Crippen LogP contribution in [0.15, 0.2) is 18.2 Å². The molecular formula is C15H14FNO5. The number of piperidine rings is 1. The number of carbonyl (C=O) groups excluding carboxylic acids is 1. The number of hydrogen-bond acceptors (Lipinski definition) is 3. The van der Waals surface area contributed by atoms with E-state index in [1.807, 2.05) is 0 Å². The second-order valence-electron chi connectivity index (χ2n) is 6.04. The third-order valence-corrected chi connectivity index (χ3v) is 4.86. The van der Waals surface area contributed by atoms with Crippen LogP contribution in [0.25, 0.3) is 0 Å². The van der Waals surface area contributed by atoms with Gasteiger partial charge in [-0.15, -0.1) is 0 Å². The molecule has 1 amide bonds. The summed E-state index contributed by atoms with van der Waals surface area (Å²) < 4.78 is 13.9. The van der Waals surface area contributed by atoms with E-state index in [-0.39, 0.29) is 25.1 Å². The first kappa shape index (κ1) is 14.5. The van der Waals surface area contributed by atoms with Crippen LogP contribution >= 0.6 is 0 Å². The van der Waals surface area contributed by atoms with Gasteiger partial charge in [0.2, 0.25) is 0 Å². The number of carboxylic acids is 2. The number of hydrogen-bond donors (Lipinski definition) is 2. The zero-order chi connectivity index (χ0) is 16.3. The molecule has 2 atom stereocenters. The number of likely N-dealkylation sites (tertiary alicyclic amines) is 1. The summed E-state index contributed by atoms with van der Waals surface area (Å²) in [6.45, 7) is 1.16. The Morgan fingerprint density at radius 1 is 1.14 bits per heavy atom. The third-order valence-electron chi connectivity index (χ3n) is 4.86. The molecule has 1 aromatic carbocycles. The first-order valence-electron chi connectivity index (χ1n) is 6.76. The number of halogens is 1. The van der Waals surface area contributed by atoms with Crippen molar-refractivity contribution in [1.82, 2.24) is 4.90 Å². The van der Waals surface area contributed by atoms with Crippen LogP contribution in [0.4, 0.5) is 4.39 Å². The summed E-state index contributed by atoms with van der Waals surface area (Å²) in [6, 6.07) is 4.20. The molecule has 1 aromatic rings. The van der Waals surface area contributed by atoms with E-state index < -0.39 is 34.5 Å².